The smallest absolute Gasteiger partial charge is 0.226 e. The molecule has 0 bridgehead atoms. The van der Waals surface area contributed by atoms with E-state index < -0.39 is 11.9 Å². The number of nitrogens with one attached hydrogen (secondary N) is 1. The number of amides is 1. The summed E-state index contributed by atoms with van der Waals surface area (Å²) in [6, 6.07) is 4.06. The molecule has 2 rings (SSSR count). The highest BCUT2D eigenvalue weighted by atomic mass is 35.5. The lowest BCUT2D eigenvalue weighted by molar-refractivity contribution is -0.120. The van der Waals surface area contributed by atoms with Crippen molar-refractivity contribution in [3.63, 3.8) is 0 Å². The van der Waals surface area contributed by atoms with Crippen LogP contribution in [0.15, 0.2) is 23.6 Å². The molecule has 0 spiro atoms. The van der Waals surface area contributed by atoms with Crippen LogP contribution in [0.1, 0.15) is 29.3 Å². The fraction of sp³-hybridized carbons (Fsp3) is 0.333. The van der Waals surface area contributed by atoms with Gasteiger partial charge in [-0.15, -0.1) is 11.3 Å². The van der Waals surface area contributed by atoms with Gasteiger partial charge in [0.15, 0.2) is 0 Å². The van der Waals surface area contributed by atoms with Crippen molar-refractivity contribution in [2.24, 2.45) is 0 Å². The van der Waals surface area contributed by atoms with Gasteiger partial charge in [0.25, 0.3) is 0 Å². The van der Waals surface area contributed by atoms with Crippen molar-refractivity contribution < 1.29 is 14.3 Å². The van der Waals surface area contributed by atoms with Gasteiger partial charge in [-0.1, -0.05) is 24.6 Å². The van der Waals surface area contributed by atoms with Gasteiger partial charge in [0.1, 0.15) is 5.82 Å². The van der Waals surface area contributed by atoms with E-state index >= 15 is 0 Å². The van der Waals surface area contributed by atoms with Crippen LogP contribution < -0.4 is 5.32 Å². The van der Waals surface area contributed by atoms with Gasteiger partial charge in [-0.3, -0.25) is 4.79 Å². The summed E-state index contributed by atoms with van der Waals surface area (Å²) in [4.78, 5) is 16.1. The lowest BCUT2D eigenvalue weighted by Crippen LogP contribution is -2.29. The first-order chi connectivity index (χ1) is 10.5. The molecule has 1 heterocycles. The first-order valence-electron chi connectivity index (χ1n) is 6.82. The highest BCUT2D eigenvalue weighted by Gasteiger charge is 2.13. The van der Waals surface area contributed by atoms with Crippen LogP contribution in [-0.4, -0.2) is 22.5 Å². The molecule has 0 aliphatic rings. The topological polar surface area (TPSA) is 62.2 Å². The second-order valence-electron chi connectivity index (χ2n) is 4.76. The molecule has 0 saturated heterocycles. The number of aliphatic hydroxyl groups is 1. The van der Waals surface area contributed by atoms with Gasteiger partial charge >= 0.3 is 0 Å². The second-order valence-corrected chi connectivity index (χ2v) is 6.11. The highest BCUT2D eigenvalue weighted by molar-refractivity contribution is 7.09. The Morgan fingerprint density at radius 1 is 1.55 bits per heavy atom. The number of benzene rings is 1. The maximum Gasteiger partial charge on any atom is 0.226 e. The SMILES string of the molecule is CCc1nc(CC(=O)NCC(O)c2ccc(Cl)c(F)c2)cs1. The molecule has 0 radical (unpaired) electrons. The molecule has 1 amide bonds. The Balaban J connectivity index is 1.85. The van der Waals surface area contributed by atoms with E-state index in [9.17, 15) is 14.3 Å². The Bertz CT molecular complexity index is 663. The number of carbonyl (C=O) groups is 1. The number of halogens is 2. The largest absolute Gasteiger partial charge is 0.387 e. The molecule has 1 aromatic carbocycles. The van der Waals surface area contributed by atoms with Crippen molar-refractivity contribution >= 4 is 28.8 Å². The first-order valence-corrected chi connectivity index (χ1v) is 8.08. The average Bonchev–Trinajstić information content (AvgIpc) is 2.95. The van der Waals surface area contributed by atoms with Crippen molar-refractivity contribution in [1.82, 2.24) is 10.3 Å². The average molecular weight is 343 g/mol. The number of hydrogen-bond donors (Lipinski definition) is 2. The number of rotatable bonds is 6. The van der Waals surface area contributed by atoms with Crippen molar-refractivity contribution in [3.05, 3.63) is 50.7 Å². The van der Waals surface area contributed by atoms with E-state index in [2.05, 4.69) is 10.3 Å². The molecule has 2 N–H and O–H groups in total. The Hall–Kier alpha value is -1.50. The Kier molecular flexibility index (Phi) is 5.88. The summed E-state index contributed by atoms with van der Waals surface area (Å²) < 4.78 is 13.3. The highest BCUT2D eigenvalue weighted by Crippen LogP contribution is 2.20. The van der Waals surface area contributed by atoms with E-state index in [-0.39, 0.29) is 23.9 Å². The normalized spacial score (nSPS) is 12.2. The van der Waals surface area contributed by atoms with Crippen LogP contribution in [-0.2, 0) is 17.6 Å². The van der Waals surface area contributed by atoms with E-state index in [1.54, 1.807) is 0 Å². The summed E-state index contributed by atoms with van der Waals surface area (Å²) in [7, 11) is 0. The van der Waals surface area contributed by atoms with Crippen LogP contribution in [0.2, 0.25) is 5.02 Å². The molecule has 0 fully saturated rings. The van der Waals surface area contributed by atoms with Crippen LogP contribution in [0.4, 0.5) is 4.39 Å². The maximum absolute atomic E-state index is 13.3. The monoisotopic (exact) mass is 342 g/mol. The summed E-state index contributed by atoms with van der Waals surface area (Å²) in [5.41, 5.74) is 1.08. The molecular weight excluding hydrogens is 327 g/mol. The lowest BCUT2D eigenvalue weighted by Gasteiger charge is -2.12. The number of aryl methyl sites for hydroxylation is 1. The van der Waals surface area contributed by atoms with Crippen LogP contribution in [0.25, 0.3) is 0 Å². The molecule has 0 saturated carbocycles. The third-order valence-electron chi connectivity index (χ3n) is 3.06. The van der Waals surface area contributed by atoms with Gasteiger partial charge in [0.05, 0.1) is 28.2 Å². The second kappa shape index (κ2) is 7.67. The Labute approximate surface area is 137 Å². The molecule has 1 atom stereocenters. The zero-order valence-electron chi connectivity index (χ0n) is 12.0. The third-order valence-corrected chi connectivity index (χ3v) is 4.41. The van der Waals surface area contributed by atoms with Crippen molar-refractivity contribution in [2.45, 2.75) is 25.9 Å². The van der Waals surface area contributed by atoms with E-state index in [0.29, 0.717) is 11.3 Å². The molecular formula is C15H16ClFN2O2S. The van der Waals surface area contributed by atoms with Crippen LogP contribution in [0.5, 0.6) is 0 Å². The van der Waals surface area contributed by atoms with Gasteiger partial charge in [0.2, 0.25) is 5.91 Å². The zero-order chi connectivity index (χ0) is 16.1. The molecule has 118 valence electrons. The quantitative estimate of drug-likeness (QED) is 0.848. The number of aliphatic hydroxyl groups excluding tert-OH is 1. The summed E-state index contributed by atoms with van der Waals surface area (Å²) >= 11 is 7.11. The number of carbonyl (C=O) groups excluding carboxylic acids is 1. The Morgan fingerprint density at radius 2 is 2.32 bits per heavy atom. The van der Waals surface area contributed by atoms with Gasteiger partial charge in [0, 0.05) is 11.9 Å². The minimum absolute atomic E-state index is 0.00440. The third kappa shape index (κ3) is 4.50. The molecule has 2 aromatic rings. The summed E-state index contributed by atoms with van der Waals surface area (Å²) in [6.45, 7) is 2.01. The zero-order valence-corrected chi connectivity index (χ0v) is 13.5. The number of thiazole rings is 1. The summed E-state index contributed by atoms with van der Waals surface area (Å²) in [5.74, 6) is -0.833. The number of hydrogen-bond acceptors (Lipinski definition) is 4. The number of aromatic nitrogens is 1. The van der Waals surface area contributed by atoms with Crippen molar-refractivity contribution in [3.8, 4) is 0 Å². The van der Waals surface area contributed by atoms with Gasteiger partial charge in [-0.2, -0.15) is 0 Å². The van der Waals surface area contributed by atoms with Crippen molar-refractivity contribution in [2.75, 3.05) is 6.54 Å². The van der Waals surface area contributed by atoms with E-state index in [1.165, 1.54) is 23.5 Å². The van der Waals surface area contributed by atoms with Gasteiger partial charge in [-0.25, -0.2) is 9.37 Å². The summed E-state index contributed by atoms with van der Waals surface area (Å²) in [5, 5.41) is 15.4. The fourth-order valence-electron chi connectivity index (χ4n) is 1.87. The molecule has 0 aliphatic heterocycles. The number of nitrogens with zero attached hydrogens (tertiary/aromatic N) is 1. The predicted octanol–water partition coefficient (Wildman–Crippen LogP) is 2.89. The van der Waals surface area contributed by atoms with Crippen LogP contribution >= 0.6 is 22.9 Å². The molecule has 1 aromatic heterocycles. The Morgan fingerprint density at radius 3 is 2.95 bits per heavy atom. The van der Waals surface area contributed by atoms with Crippen LogP contribution in [0.3, 0.4) is 0 Å². The van der Waals surface area contributed by atoms with Crippen molar-refractivity contribution in [1.29, 1.82) is 0 Å². The molecule has 0 aliphatic carbocycles. The molecule has 4 nitrogen and oxygen atoms in total. The van der Waals surface area contributed by atoms with E-state index in [4.69, 9.17) is 11.6 Å². The van der Waals surface area contributed by atoms with Gasteiger partial charge < -0.3 is 10.4 Å². The van der Waals surface area contributed by atoms with E-state index in [0.717, 1.165) is 17.5 Å². The van der Waals surface area contributed by atoms with Crippen LogP contribution in [0, 0.1) is 5.82 Å². The summed E-state index contributed by atoms with van der Waals surface area (Å²) in [6.07, 6.45) is 0.0167. The van der Waals surface area contributed by atoms with E-state index in [1.807, 2.05) is 12.3 Å². The minimum atomic E-state index is -0.989. The molecule has 7 heteroatoms. The van der Waals surface area contributed by atoms with Gasteiger partial charge in [-0.05, 0) is 24.1 Å². The first kappa shape index (κ1) is 16.9. The molecule has 1 unspecified atom stereocenters. The predicted molar refractivity (Wildman–Crippen MR) is 84.6 cm³/mol. The fourth-order valence-corrected chi connectivity index (χ4v) is 2.73. The molecule has 22 heavy (non-hydrogen) atoms. The standard InChI is InChI=1S/C15H16ClFN2O2S/c1-2-15-19-10(8-22-15)6-14(21)18-7-13(20)9-3-4-11(16)12(17)5-9/h3-5,8,13,20H,2,6-7H2,1H3,(H,18,21). The minimum Gasteiger partial charge on any atom is -0.387 e. The maximum atomic E-state index is 13.3. The lowest BCUT2D eigenvalue weighted by atomic mass is 10.1.